The standard InChI is InChI=1S/C23H20ClN3O/c1-16-12-19(17(2)27(16)22-11-7-6-10-21(22)24)13-20(14-25)23(28)26-15-18-8-4-3-5-9-18/h3-13H,15H2,1-2H3,(H,26,28)/b20-13-. The zero-order valence-electron chi connectivity index (χ0n) is 15.7. The Kier molecular flexibility index (Phi) is 5.98. The van der Waals surface area contributed by atoms with Gasteiger partial charge in [-0.25, -0.2) is 0 Å². The summed E-state index contributed by atoms with van der Waals surface area (Å²) >= 11 is 6.34. The molecule has 1 heterocycles. The van der Waals surface area contributed by atoms with Crippen LogP contribution in [0.4, 0.5) is 0 Å². The van der Waals surface area contributed by atoms with E-state index in [2.05, 4.69) is 5.32 Å². The maximum Gasteiger partial charge on any atom is 0.262 e. The van der Waals surface area contributed by atoms with Gasteiger partial charge in [-0.15, -0.1) is 0 Å². The minimum Gasteiger partial charge on any atom is -0.347 e. The van der Waals surface area contributed by atoms with Gasteiger partial charge in [-0.1, -0.05) is 54.1 Å². The van der Waals surface area contributed by atoms with Crippen molar-refractivity contribution in [1.82, 2.24) is 9.88 Å². The molecule has 3 aromatic rings. The van der Waals surface area contributed by atoms with E-state index in [4.69, 9.17) is 11.6 Å². The van der Waals surface area contributed by atoms with Crippen molar-refractivity contribution in [3.8, 4) is 11.8 Å². The number of hydrogen-bond acceptors (Lipinski definition) is 2. The molecule has 2 aromatic carbocycles. The molecule has 28 heavy (non-hydrogen) atoms. The molecule has 1 aromatic heterocycles. The van der Waals surface area contributed by atoms with Crippen LogP contribution in [0.3, 0.4) is 0 Å². The highest BCUT2D eigenvalue weighted by molar-refractivity contribution is 6.32. The molecule has 0 aliphatic rings. The number of aryl methyl sites for hydroxylation is 1. The van der Waals surface area contributed by atoms with Crippen LogP contribution in [-0.2, 0) is 11.3 Å². The first kappa shape index (κ1) is 19.5. The van der Waals surface area contributed by atoms with Crippen molar-refractivity contribution in [3.63, 3.8) is 0 Å². The third-order valence-corrected chi connectivity index (χ3v) is 4.84. The smallest absolute Gasteiger partial charge is 0.262 e. The van der Waals surface area contributed by atoms with Gasteiger partial charge in [0.15, 0.2) is 0 Å². The van der Waals surface area contributed by atoms with Crippen LogP contribution in [-0.4, -0.2) is 10.5 Å². The first-order chi connectivity index (χ1) is 13.5. The van der Waals surface area contributed by atoms with Gasteiger partial charge in [0.1, 0.15) is 11.6 Å². The zero-order valence-corrected chi connectivity index (χ0v) is 16.5. The van der Waals surface area contributed by atoms with E-state index in [1.54, 1.807) is 6.08 Å². The van der Waals surface area contributed by atoms with Gasteiger partial charge in [-0.05, 0) is 49.2 Å². The fourth-order valence-electron chi connectivity index (χ4n) is 3.12. The molecule has 0 spiro atoms. The Balaban J connectivity index is 1.87. The number of rotatable bonds is 5. The topological polar surface area (TPSA) is 57.8 Å². The Labute approximate surface area is 169 Å². The van der Waals surface area contributed by atoms with Crippen LogP contribution in [0.5, 0.6) is 0 Å². The molecule has 0 radical (unpaired) electrons. The number of halogens is 1. The lowest BCUT2D eigenvalue weighted by Crippen LogP contribution is -2.23. The Hall–Kier alpha value is -3.29. The van der Waals surface area contributed by atoms with E-state index < -0.39 is 5.91 Å². The first-order valence-electron chi connectivity index (χ1n) is 8.89. The molecular weight excluding hydrogens is 370 g/mol. The second-order valence-electron chi connectivity index (χ2n) is 6.45. The largest absolute Gasteiger partial charge is 0.347 e. The normalized spacial score (nSPS) is 11.1. The molecule has 0 unspecified atom stereocenters. The van der Waals surface area contributed by atoms with Crippen molar-refractivity contribution in [3.05, 3.63) is 93.8 Å². The average Bonchev–Trinajstić information content (AvgIpc) is 2.98. The molecular formula is C23H20ClN3O. The van der Waals surface area contributed by atoms with E-state index in [1.165, 1.54) is 0 Å². The number of hydrogen-bond donors (Lipinski definition) is 1. The highest BCUT2D eigenvalue weighted by atomic mass is 35.5. The summed E-state index contributed by atoms with van der Waals surface area (Å²) < 4.78 is 2.02. The van der Waals surface area contributed by atoms with Crippen LogP contribution >= 0.6 is 11.6 Å². The fourth-order valence-corrected chi connectivity index (χ4v) is 3.34. The molecule has 0 aliphatic heterocycles. The lowest BCUT2D eigenvalue weighted by Gasteiger charge is -2.11. The van der Waals surface area contributed by atoms with Gasteiger partial charge in [0.25, 0.3) is 5.91 Å². The highest BCUT2D eigenvalue weighted by Gasteiger charge is 2.14. The first-order valence-corrected chi connectivity index (χ1v) is 9.27. The maximum atomic E-state index is 12.4. The number of amides is 1. The van der Waals surface area contributed by atoms with Crippen molar-refractivity contribution in [2.45, 2.75) is 20.4 Å². The zero-order chi connectivity index (χ0) is 20.1. The summed E-state index contributed by atoms with van der Waals surface area (Å²) in [6.07, 6.45) is 1.62. The Bertz CT molecular complexity index is 1070. The van der Waals surface area contributed by atoms with Crippen molar-refractivity contribution >= 4 is 23.6 Å². The van der Waals surface area contributed by atoms with Crippen LogP contribution in [0, 0.1) is 25.2 Å². The molecule has 5 heteroatoms. The average molecular weight is 390 g/mol. The van der Waals surface area contributed by atoms with Crippen molar-refractivity contribution < 1.29 is 4.79 Å². The van der Waals surface area contributed by atoms with Crippen molar-refractivity contribution in [2.75, 3.05) is 0 Å². The summed E-state index contributed by atoms with van der Waals surface area (Å²) in [6, 6.07) is 21.1. The molecule has 4 nitrogen and oxygen atoms in total. The van der Waals surface area contributed by atoms with Crippen LogP contribution in [0.25, 0.3) is 11.8 Å². The van der Waals surface area contributed by atoms with Gasteiger partial charge in [0, 0.05) is 17.9 Å². The lowest BCUT2D eigenvalue weighted by atomic mass is 10.1. The Morgan fingerprint density at radius 3 is 2.50 bits per heavy atom. The van der Waals surface area contributed by atoms with E-state index in [1.807, 2.05) is 85.1 Å². The number of carbonyl (C=O) groups excluding carboxylic acids is 1. The summed E-state index contributed by atoms with van der Waals surface area (Å²) in [4.78, 5) is 12.4. The number of benzene rings is 2. The molecule has 0 bridgehead atoms. The van der Waals surface area contributed by atoms with Gasteiger partial charge >= 0.3 is 0 Å². The van der Waals surface area contributed by atoms with Crippen LogP contribution in [0.2, 0.25) is 5.02 Å². The number of nitrogens with zero attached hydrogens (tertiary/aromatic N) is 2. The summed E-state index contributed by atoms with van der Waals surface area (Å²) in [5.74, 6) is -0.395. The van der Waals surface area contributed by atoms with Gasteiger partial charge in [-0.2, -0.15) is 5.26 Å². The third kappa shape index (κ3) is 4.16. The predicted octanol–water partition coefficient (Wildman–Crippen LogP) is 4.97. The lowest BCUT2D eigenvalue weighted by molar-refractivity contribution is -0.117. The molecule has 0 saturated heterocycles. The van der Waals surface area contributed by atoms with Gasteiger partial charge < -0.3 is 9.88 Å². The Morgan fingerprint density at radius 2 is 1.82 bits per heavy atom. The van der Waals surface area contributed by atoms with Crippen LogP contribution in [0.15, 0.2) is 66.2 Å². The minimum atomic E-state index is -0.395. The minimum absolute atomic E-state index is 0.0651. The summed E-state index contributed by atoms with van der Waals surface area (Å²) in [5.41, 5.74) is 4.60. The highest BCUT2D eigenvalue weighted by Crippen LogP contribution is 2.27. The fraction of sp³-hybridized carbons (Fsp3) is 0.130. The van der Waals surface area contributed by atoms with Gasteiger partial charge in [0.05, 0.1) is 10.7 Å². The molecule has 3 rings (SSSR count). The number of nitriles is 1. The van der Waals surface area contributed by atoms with E-state index in [9.17, 15) is 10.1 Å². The van der Waals surface area contributed by atoms with Gasteiger partial charge in [0.2, 0.25) is 0 Å². The summed E-state index contributed by atoms with van der Waals surface area (Å²) in [7, 11) is 0. The number of nitrogens with one attached hydrogen (secondary N) is 1. The monoisotopic (exact) mass is 389 g/mol. The molecule has 0 aliphatic carbocycles. The van der Waals surface area contributed by atoms with E-state index in [-0.39, 0.29) is 5.57 Å². The van der Waals surface area contributed by atoms with Gasteiger partial charge in [-0.3, -0.25) is 4.79 Å². The number of para-hydroxylation sites is 1. The predicted molar refractivity (Wildman–Crippen MR) is 112 cm³/mol. The quantitative estimate of drug-likeness (QED) is 0.494. The van der Waals surface area contributed by atoms with E-state index in [0.717, 1.165) is 28.2 Å². The molecule has 0 saturated carbocycles. The van der Waals surface area contributed by atoms with Crippen molar-refractivity contribution in [1.29, 1.82) is 5.26 Å². The SMILES string of the molecule is Cc1cc(/C=C(/C#N)C(=O)NCc2ccccc2)c(C)n1-c1ccccc1Cl. The maximum absolute atomic E-state index is 12.4. The second-order valence-corrected chi connectivity index (χ2v) is 6.86. The van der Waals surface area contributed by atoms with Crippen molar-refractivity contribution in [2.24, 2.45) is 0 Å². The molecule has 140 valence electrons. The molecule has 0 fully saturated rings. The summed E-state index contributed by atoms with van der Waals surface area (Å²) in [6.45, 7) is 4.28. The third-order valence-electron chi connectivity index (χ3n) is 4.52. The Morgan fingerprint density at radius 1 is 1.14 bits per heavy atom. The van der Waals surface area contributed by atoms with Crippen LogP contribution < -0.4 is 5.32 Å². The second kappa shape index (κ2) is 8.60. The van der Waals surface area contributed by atoms with E-state index in [0.29, 0.717) is 11.6 Å². The number of carbonyl (C=O) groups is 1. The molecule has 1 N–H and O–H groups in total. The van der Waals surface area contributed by atoms with E-state index >= 15 is 0 Å². The van der Waals surface area contributed by atoms with Crippen LogP contribution in [0.1, 0.15) is 22.5 Å². The summed E-state index contributed by atoms with van der Waals surface area (Å²) in [5, 5.41) is 12.9. The molecule has 1 amide bonds. The molecule has 0 atom stereocenters. The number of aromatic nitrogens is 1.